The first kappa shape index (κ1) is 18.5. The molecule has 0 spiro atoms. The van der Waals surface area contributed by atoms with Gasteiger partial charge in [-0.1, -0.05) is 42.5 Å². The van der Waals surface area contributed by atoms with Gasteiger partial charge in [-0.15, -0.1) is 0 Å². The van der Waals surface area contributed by atoms with Crippen molar-refractivity contribution in [2.45, 2.75) is 6.92 Å². The van der Waals surface area contributed by atoms with Gasteiger partial charge < -0.3 is 14.5 Å². The predicted molar refractivity (Wildman–Crippen MR) is 112 cm³/mol. The van der Waals surface area contributed by atoms with E-state index in [1.165, 1.54) is 0 Å². The minimum Gasteiger partial charge on any atom is -0.497 e. The number of aryl methyl sites for hydroxylation is 1. The Morgan fingerprint density at radius 3 is 2.41 bits per heavy atom. The van der Waals surface area contributed by atoms with E-state index in [0.29, 0.717) is 44.9 Å². The quantitative estimate of drug-likeness (QED) is 0.478. The van der Waals surface area contributed by atoms with Gasteiger partial charge in [-0.25, -0.2) is 0 Å². The van der Waals surface area contributed by atoms with Crippen LogP contribution in [0.15, 0.2) is 77.2 Å². The molecule has 1 aromatic heterocycles. The Balaban J connectivity index is 1.63. The van der Waals surface area contributed by atoms with E-state index < -0.39 is 0 Å². The first-order valence-electron chi connectivity index (χ1n) is 9.15. The predicted octanol–water partition coefficient (Wildman–Crippen LogP) is 5.23. The van der Waals surface area contributed by atoms with E-state index in [1.807, 2.05) is 18.2 Å². The Labute approximate surface area is 167 Å². The Morgan fingerprint density at radius 1 is 0.897 bits per heavy atom. The molecule has 5 heteroatoms. The number of hydrogen-bond donors (Lipinski definition) is 1. The summed E-state index contributed by atoms with van der Waals surface area (Å²) in [6, 6.07) is 21.3. The van der Waals surface area contributed by atoms with Crippen LogP contribution in [0.25, 0.3) is 11.0 Å². The number of carbonyl (C=O) groups excluding carboxylic acids is 2. The standard InChI is InChI=1S/C24H19NO4/c1-15-22(20-14-19(28-2)11-12-21(20)29-15)24(27)25-18-10-6-9-17(13-18)23(26)16-7-4-3-5-8-16/h3-14H,1-2H3,(H,25,27). The van der Waals surface area contributed by atoms with Crippen LogP contribution >= 0.6 is 0 Å². The van der Waals surface area contributed by atoms with Crippen LogP contribution in [0.4, 0.5) is 5.69 Å². The summed E-state index contributed by atoms with van der Waals surface area (Å²) in [4.78, 5) is 25.6. The normalized spacial score (nSPS) is 10.7. The van der Waals surface area contributed by atoms with Crippen molar-refractivity contribution in [1.29, 1.82) is 0 Å². The van der Waals surface area contributed by atoms with Crippen molar-refractivity contribution in [3.05, 3.63) is 95.2 Å². The highest BCUT2D eigenvalue weighted by atomic mass is 16.5. The van der Waals surface area contributed by atoms with Crippen LogP contribution < -0.4 is 10.1 Å². The molecule has 29 heavy (non-hydrogen) atoms. The van der Waals surface area contributed by atoms with Gasteiger partial charge in [0.25, 0.3) is 5.91 Å². The van der Waals surface area contributed by atoms with Crippen LogP contribution in [0.3, 0.4) is 0 Å². The minimum absolute atomic E-state index is 0.101. The highest BCUT2D eigenvalue weighted by Crippen LogP contribution is 2.29. The van der Waals surface area contributed by atoms with Crippen LogP contribution in [-0.2, 0) is 0 Å². The summed E-state index contributed by atoms with van der Waals surface area (Å²) in [7, 11) is 1.57. The second-order valence-electron chi connectivity index (χ2n) is 6.63. The van der Waals surface area contributed by atoms with Gasteiger partial charge in [0, 0.05) is 22.2 Å². The number of ketones is 1. The summed E-state index contributed by atoms with van der Waals surface area (Å²) in [5.41, 5.74) is 2.69. The number of rotatable bonds is 5. The summed E-state index contributed by atoms with van der Waals surface area (Å²) in [5, 5.41) is 3.55. The minimum atomic E-state index is -0.307. The molecule has 0 saturated heterocycles. The summed E-state index contributed by atoms with van der Waals surface area (Å²) in [5.74, 6) is 0.750. The zero-order valence-electron chi connectivity index (χ0n) is 16.1. The molecular formula is C24H19NO4. The fourth-order valence-corrected chi connectivity index (χ4v) is 3.30. The maximum absolute atomic E-state index is 13.0. The van der Waals surface area contributed by atoms with E-state index in [4.69, 9.17) is 9.15 Å². The van der Waals surface area contributed by atoms with Gasteiger partial charge in [0.2, 0.25) is 0 Å². The molecule has 1 amide bonds. The van der Waals surface area contributed by atoms with Crippen molar-refractivity contribution in [2.24, 2.45) is 0 Å². The maximum Gasteiger partial charge on any atom is 0.259 e. The van der Waals surface area contributed by atoms with E-state index in [9.17, 15) is 9.59 Å². The van der Waals surface area contributed by atoms with Crippen LogP contribution in [0, 0.1) is 6.92 Å². The number of hydrogen-bond acceptors (Lipinski definition) is 4. The van der Waals surface area contributed by atoms with Crippen molar-refractivity contribution < 1.29 is 18.7 Å². The molecule has 4 rings (SSSR count). The number of furan rings is 1. The second-order valence-corrected chi connectivity index (χ2v) is 6.63. The van der Waals surface area contributed by atoms with Gasteiger partial charge in [0.15, 0.2) is 5.78 Å². The van der Waals surface area contributed by atoms with Gasteiger partial charge in [-0.3, -0.25) is 9.59 Å². The van der Waals surface area contributed by atoms with Crippen molar-refractivity contribution in [1.82, 2.24) is 0 Å². The zero-order valence-corrected chi connectivity index (χ0v) is 16.1. The van der Waals surface area contributed by atoms with E-state index in [1.54, 1.807) is 68.6 Å². The highest BCUT2D eigenvalue weighted by Gasteiger charge is 2.19. The molecule has 1 N–H and O–H groups in total. The molecule has 0 aliphatic rings. The van der Waals surface area contributed by atoms with Crippen LogP contribution in [0.1, 0.15) is 32.0 Å². The van der Waals surface area contributed by atoms with E-state index in [-0.39, 0.29) is 11.7 Å². The Kier molecular flexibility index (Phi) is 4.87. The van der Waals surface area contributed by atoms with Crippen molar-refractivity contribution in [2.75, 3.05) is 12.4 Å². The molecule has 0 aliphatic carbocycles. The fourth-order valence-electron chi connectivity index (χ4n) is 3.30. The molecule has 3 aromatic carbocycles. The van der Waals surface area contributed by atoms with Gasteiger partial charge in [-0.05, 0) is 37.3 Å². The first-order chi connectivity index (χ1) is 14.1. The summed E-state index contributed by atoms with van der Waals surface area (Å²) in [6.07, 6.45) is 0. The lowest BCUT2D eigenvalue weighted by atomic mass is 10.0. The number of carbonyl (C=O) groups is 2. The number of benzene rings is 3. The molecule has 0 atom stereocenters. The smallest absolute Gasteiger partial charge is 0.259 e. The molecule has 1 heterocycles. The third-order valence-electron chi connectivity index (χ3n) is 4.72. The molecule has 144 valence electrons. The fraction of sp³-hybridized carbons (Fsp3) is 0.0833. The van der Waals surface area contributed by atoms with Gasteiger partial charge >= 0.3 is 0 Å². The van der Waals surface area contributed by atoms with E-state index >= 15 is 0 Å². The molecule has 5 nitrogen and oxygen atoms in total. The molecule has 0 saturated carbocycles. The zero-order chi connectivity index (χ0) is 20.4. The van der Waals surface area contributed by atoms with Crippen molar-refractivity contribution in [3.8, 4) is 5.75 Å². The maximum atomic E-state index is 13.0. The molecule has 0 fully saturated rings. The molecular weight excluding hydrogens is 366 g/mol. The van der Waals surface area contributed by atoms with E-state index in [0.717, 1.165) is 0 Å². The number of ether oxygens (including phenoxy) is 1. The van der Waals surface area contributed by atoms with Crippen LogP contribution in [-0.4, -0.2) is 18.8 Å². The summed E-state index contributed by atoms with van der Waals surface area (Å²) < 4.78 is 11.0. The second kappa shape index (κ2) is 7.64. The van der Waals surface area contributed by atoms with Gasteiger partial charge in [0.1, 0.15) is 17.1 Å². The van der Waals surface area contributed by atoms with Gasteiger partial charge in [-0.2, -0.15) is 0 Å². The third kappa shape index (κ3) is 3.62. The molecule has 0 aliphatic heterocycles. The number of fused-ring (bicyclic) bond motifs is 1. The first-order valence-corrected chi connectivity index (χ1v) is 9.15. The van der Waals surface area contributed by atoms with Crippen LogP contribution in [0.2, 0.25) is 0 Å². The summed E-state index contributed by atoms with van der Waals surface area (Å²) in [6.45, 7) is 1.75. The number of amides is 1. The molecule has 0 bridgehead atoms. The Bertz CT molecular complexity index is 1210. The lowest BCUT2D eigenvalue weighted by Gasteiger charge is -2.08. The SMILES string of the molecule is COc1ccc2oc(C)c(C(=O)Nc3cccc(C(=O)c4ccccc4)c3)c2c1. The van der Waals surface area contributed by atoms with Crippen molar-refractivity contribution >= 4 is 28.3 Å². The topological polar surface area (TPSA) is 68.5 Å². The Morgan fingerprint density at radius 2 is 1.66 bits per heavy atom. The third-order valence-corrected chi connectivity index (χ3v) is 4.72. The molecule has 4 aromatic rings. The number of anilines is 1. The van der Waals surface area contributed by atoms with E-state index in [2.05, 4.69) is 5.32 Å². The van der Waals surface area contributed by atoms with Crippen LogP contribution in [0.5, 0.6) is 5.75 Å². The largest absolute Gasteiger partial charge is 0.497 e. The average Bonchev–Trinajstić information content (AvgIpc) is 3.08. The molecule has 0 radical (unpaired) electrons. The lowest BCUT2D eigenvalue weighted by Crippen LogP contribution is -2.13. The Hall–Kier alpha value is -3.86. The highest BCUT2D eigenvalue weighted by molar-refractivity contribution is 6.14. The number of methoxy groups -OCH3 is 1. The molecule has 0 unspecified atom stereocenters. The number of nitrogens with one attached hydrogen (secondary N) is 1. The monoisotopic (exact) mass is 385 g/mol. The average molecular weight is 385 g/mol. The summed E-state index contributed by atoms with van der Waals surface area (Å²) >= 11 is 0. The van der Waals surface area contributed by atoms with Crippen molar-refractivity contribution in [3.63, 3.8) is 0 Å². The van der Waals surface area contributed by atoms with Gasteiger partial charge in [0.05, 0.1) is 12.7 Å². The lowest BCUT2D eigenvalue weighted by molar-refractivity contribution is 0.102.